The Bertz CT molecular complexity index is 622. The molecule has 0 aliphatic heterocycles. The van der Waals surface area contributed by atoms with Gasteiger partial charge in [0, 0.05) is 28.4 Å². The van der Waals surface area contributed by atoms with E-state index >= 15 is 0 Å². The maximum atomic E-state index is 6.17. The second-order valence-corrected chi connectivity index (χ2v) is 6.08. The minimum atomic E-state index is 0.510. The number of benzene rings is 1. The van der Waals surface area contributed by atoms with Crippen molar-refractivity contribution in [2.24, 2.45) is 0 Å². The van der Waals surface area contributed by atoms with E-state index in [9.17, 15) is 0 Å². The van der Waals surface area contributed by atoms with Crippen LogP contribution in [0.15, 0.2) is 30.6 Å². The van der Waals surface area contributed by atoms with E-state index in [2.05, 4.69) is 22.7 Å². The molecule has 2 N–H and O–H groups in total. The quantitative estimate of drug-likeness (QED) is 0.597. The molecule has 22 heavy (non-hydrogen) atoms. The lowest BCUT2D eigenvalue weighted by atomic mass is 10.2. The van der Waals surface area contributed by atoms with Crippen molar-refractivity contribution in [3.05, 3.63) is 46.2 Å². The molecular formula is C15H18Cl2N4S. The van der Waals surface area contributed by atoms with Crippen LogP contribution in [0.4, 0.5) is 5.69 Å². The van der Waals surface area contributed by atoms with Crippen LogP contribution < -0.4 is 10.6 Å². The van der Waals surface area contributed by atoms with Gasteiger partial charge in [0.2, 0.25) is 0 Å². The smallest absolute Gasteiger partial charge is 0.170 e. The minimum Gasteiger partial charge on any atom is -0.362 e. The van der Waals surface area contributed by atoms with Gasteiger partial charge in [-0.05, 0) is 30.8 Å². The van der Waals surface area contributed by atoms with Crippen LogP contribution in [0, 0.1) is 0 Å². The number of hydrogen-bond donors (Lipinski definition) is 2. The Hall–Kier alpha value is -1.30. The molecular weight excluding hydrogens is 339 g/mol. The van der Waals surface area contributed by atoms with Gasteiger partial charge in [-0.1, -0.05) is 42.6 Å². The van der Waals surface area contributed by atoms with Crippen LogP contribution in [0.5, 0.6) is 0 Å². The summed E-state index contributed by atoms with van der Waals surface area (Å²) in [5, 5.41) is 12.4. The number of aromatic nitrogens is 2. The maximum Gasteiger partial charge on any atom is 0.170 e. The monoisotopic (exact) mass is 356 g/mol. The predicted molar refractivity (Wildman–Crippen MR) is 96.9 cm³/mol. The highest BCUT2D eigenvalue weighted by atomic mass is 35.5. The fourth-order valence-electron chi connectivity index (χ4n) is 1.91. The number of unbranched alkanes of at least 4 members (excludes halogenated alkanes) is 1. The second-order valence-electron chi connectivity index (χ2n) is 4.86. The lowest BCUT2D eigenvalue weighted by Gasteiger charge is -2.08. The fraction of sp³-hybridized carbons (Fsp3) is 0.333. The van der Waals surface area contributed by atoms with Crippen LogP contribution in [-0.2, 0) is 6.54 Å². The van der Waals surface area contributed by atoms with Crippen LogP contribution in [0.25, 0.3) is 0 Å². The van der Waals surface area contributed by atoms with Gasteiger partial charge in [-0.25, -0.2) is 0 Å². The zero-order valence-corrected chi connectivity index (χ0v) is 14.6. The summed E-state index contributed by atoms with van der Waals surface area (Å²) >= 11 is 17.6. The van der Waals surface area contributed by atoms with E-state index in [0.29, 0.717) is 21.7 Å². The van der Waals surface area contributed by atoms with Crippen molar-refractivity contribution in [2.75, 3.05) is 11.9 Å². The van der Waals surface area contributed by atoms with Gasteiger partial charge in [-0.15, -0.1) is 0 Å². The molecule has 0 aliphatic rings. The Labute approximate surface area is 145 Å². The zero-order chi connectivity index (χ0) is 15.9. The molecule has 118 valence electrons. The maximum absolute atomic E-state index is 6.17. The normalized spacial score (nSPS) is 10.5. The average molecular weight is 357 g/mol. The fourth-order valence-corrected chi connectivity index (χ4v) is 2.65. The average Bonchev–Trinajstić information content (AvgIpc) is 2.90. The van der Waals surface area contributed by atoms with E-state index in [0.717, 1.165) is 30.6 Å². The molecule has 0 unspecified atom stereocenters. The van der Waals surface area contributed by atoms with Gasteiger partial charge in [-0.3, -0.25) is 4.68 Å². The van der Waals surface area contributed by atoms with E-state index in [-0.39, 0.29) is 0 Å². The molecule has 0 saturated carbocycles. The summed E-state index contributed by atoms with van der Waals surface area (Å²) in [5.41, 5.74) is 1.68. The molecule has 0 amide bonds. The van der Waals surface area contributed by atoms with Crippen molar-refractivity contribution >= 4 is 46.2 Å². The molecule has 0 radical (unpaired) electrons. The summed E-state index contributed by atoms with van der Waals surface area (Å²) in [6.07, 6.45) is 5.81. The SMILES string of the molecule is CCCCNC(=S)Nc1cnn(Cc2c(Cl)cccc2Cl)c1. The first-order chi connectivity index (χ1) is 10.6. The Morgan fingerprint density at radius 1 is 1.32 bits per heavy atom. The largest absolute Gasteiger partial charge is 0.362 e. The molecule has 7 heteroatoms. The minimum absolute atomic E-state index is 0.510. The van der Waals surface area contributed by atoms with Crippen LogP contribution in [-0.4, -0.2) is 21.4 Å². The van der Waals surface area contributed by atoms with Gasteiger partial charge < -0.3 is 10.6 Å². The number of hydrogen-bond acceptors (Lipinski definition) is 2. The zero-order valence-electron chi connectivity index (χ0n) is 12.3. The first kappa shape index (κ1) is 17.1. The molecule has 0 aliphatic carbocycles. The van der Waals surface area contributed by atoms with Crippen LogP contribution in [0.2, 0.25) is 10.0 Å². The van der Waals surface area contributed by atoms with Crippen LogP contribution in [0.3, 0.4) is 0 Å². The molecule has 0 saturated heterocycles. The standard InChI is InChI=1S/C15H18Cl2N4S/c1-2-3-7-18-15(22)20-11-8-19-21(9-11)10-12-13(16)5-4-6-14(12)17/h4-6,8-9H,2-3,7,10H2,1H3,(H2,18,20,22). The number of anilines is 1. The van der Waals surface area contributed by atoms with Crippen molar-refractivity contribution in [3.63, 3.8) is 0 Å². The lowest BCUT2D eigenvalue weighted by Crippen LogP contribution is -2.28. The van der Waals surface area contributed by atoms with E-state index < -0.39 is 0 Å². The van der Waals surface area contributed by atoms with Gasteiger partial charge in [0.15, 0.2) is 5.11 Å². The van der Waals surface area contributed by atoms with Crippen LogP contribution in [0.1, 0.15) is 25.3 Å². The van der Waals surface area contributed by atoms with E-state index in [4.69, 9.17) is 35.4 Å². The Kier molecular flexibility index (Phi) is 6.49. The van der Waals surface area contributed by atoms with Crippen molar-refractivity contribution < 1.29 is 0 Å². The number of nitrogens with one attached hydrogen (secondary N) is 2. The Balaban J connectivity index is 1.95. The topological polar surface area (TPSA) is 41.9 Å². The highest BCUT2D eigenvalue weighted by molar-refractivity contribution is 7.80. The lowest BCUT2D eigenvalue weighted by molar-refractivity contribution is 0.687. The first-order valence-electron chi connectivity index (χ1n) is 7.10. The Morgan fingerprint density at radius 3 is 2.73 bits per heavy atom. The van der Waals surface area contributed by atoms with Gasteiger partial charge >= 0.3 is 0 Å². The molecule has 0 atom stereocenters. The van der Waals surface area contributed by atoms with Gasteiger partial charge in [0.1, 0.15) is 0 Å². The molecule has 0 spiro atoms. The van der Waals surface area contributed by atoms with Crippen molar-refractivity contribution in [3.8, 4) is 0 Å². The van der Waals surface area contributed by atoms with Gasteiger partial charge in [0.25, 0.3) is 0 Å². The highest BCUT2D eigenvalue weighted by Crippen LogP contribution is 2.25. The molecule has 1 aromatic carbocycles. The first-order valence-corrected chi connectivity index (χ1v) is 8.26. The molecule has 2 rings (SSSR count). The molecule has 0 bridgehead atoms. The summed E-state index contributed by atoms with van der Waals surface area (Å²) in [4.78, 5) is 0. The van der Waals surface area contributed by atoms with E-state index in [1.54, 1.807) is 10.9 Å². The summed E-state index contributed by atoms with van der Waals surface area (Å²) in [6, 6.07) is 5.46. The summed E-state index contributed by atoms with van der Waals surface area (Å²) < 4.78 is 1.77. The predicted octanol–water partition coefficient (Wildman–Crippen LogP) is 4.32. The summed E-state index contributed by atoms with van der Waals surface area (Å²) in [7, 11) is 0. The molecule has 0 fully saturated rings. The third-order valence-corrected chi connectivity index (χ3v) is 4.04. The van der Waals surface area contributed by atoms with Gasteiger partial charge in [0.05, 0.1) is 18.4 Å². The second kappa shape index (κ2) is 8.36. The third-order valence-electron chi connectivity index (χ3n) is 3.09. The van der Waals surface area contributed by atoms with Gasteiger partial charge in [-0.2, -0.15) is 5.10 Å². The van der Waals surface area contributed by atoms with E-state index in [1.807, 2.05) is 24.4 Å². The molecule has 1 heterocycles. The van der Waals surface area contributed by atoms with Crippen molar-refractivity contribution in [1.29, 1.82) is 0 Å². The molecule has 1 aromatic heterocycles. The molecule has 2 aromatic rings. The van der Waals surface area contributed by atoms with Crippen LogP contribution >= 0.6 is 35.4 Å². The highest BCUT2D eigenvalue weighted by Gasteiger charge is 2.08. The number of rotatable bonds is 6. The van der Waals surface area contributed by atoms with Crippen molar-refractivity contribution in [1.82, 2.24) is 15.1 Å². The molecule has 4 nitrogen and oxygen atoms in total. The third kappa shape index (κ3) is 4.87. The summed E-state index contributed by atoms with van der Waals surface area (Å²) in [6.45, 7) is 3.52. The van der Waals surface area contributed by atoms with E-state index in [1.165, 1.54) is 0 Å². The number of thiocarbonyl (C=S) groups is 1. The number of nitrogens with zero attached hydrogens (tertiary/aromatic N) is 2. The van der Waals surface area contributed by atoms with Crippen molar-refractivity contribution in [2.45, 2.75) is 26.3 Å². The number of halogens is 2. The Morgan fingerprint density at radius 2 is 2.05 bits per heavy atom. The summed E-state index contributed by atoms with van der Waals surface area (Å²) in [5.74, 6) is 0.